The molecule has 22 heavy (non-hydrogen) atoms. The van der Waals surface area contributed by atoms with Gasteiger partial charge in [-0.3, -0.25) is 0 Å². The molecule has 1 nitrogen and oxygen atoms in total. The third-order valence-corrected chi connectivity index (χ3v) is 5.76. The van der Waals surface area contributed by atoms with Crippen LogP contribution in [0.4, 0.5) is 0 Å². The van der Waals surface area contributed by atoms with Crippen LogP contribution in [0.5, 0.6) is 0 Å². The van der Waals surface area contributed by atoms with Gasteiger partial charge in [0.1, 0.15) is 0 Å². The van der Waals surface area contributed by atoms with E-state index in [1.54, 1.807) is 11.8 Å². The van der Waals surface area contributed by atoms with Gasteiger partial charge in [0.2, 0.25) is 0 Å². The van der Waals surface area contributed by atoms with Gasteiger partial charge < -0.3 is 0 Å². The number of hydrogen-bond donors (Lipinski definition) is 0. The Morgan fingerprint density at radius 2 is 1.68 bits per heavy atom. The Morgan fingerprint density at radius 1 is 1.05 bits per heavy atom. The van der Waals surface area contributed by atoms with Gasteiger partial charge in [-0.1, -0.05) is 77.8 Å². The van der Waals surface area contributed by atoms with Crippen molar-refractivity contribution in [1.82, 2.24) is 0 Å². The highest BCUT2D eigenvalue weighted by Gasteiger charge is 2.30. The Kier molecular flexibility index (Phi) is 6.54. The predicted octanol–water partition coefficient (Wildman–Crippen LogP) is 6.18. The van der Waals surface area contributed by atoms with Crippen LogP contribution in [0, 0.1) is 11.3 Å². The predicted molar refractivity (Wildman–Crippen MR) is 97.6 cm³/mol. The van der Waals surface area contributed by atoms with Crippen molar-refractivity contribution in [3.63, 3.8) is 0 Å². The van der Waals surface area contributed by atoms with Gasteiger partial charge in [0.15, 0.2) is 0 Å². The third kappa shape index (κ3) is 4.15. The second-order valence-electron chi connectivity index (χ2n) is 5.37. The van der Waals surface area contributed by atoms with Gasteiger partial charge in [-0.2, -0.15) is 5.26 Å². The van der Waals surface area contributed by atoms with Gasteiger partial charge in [-0.05, 0) is 36.2 Å². The van der Waals surface area contributed by atoms with Crippen LogP contribution in [0.3, 0.4) is 0 Å². The minimum atomic E-state index is -0.411. The maximum absolute atomic E-state index is 9.68. The Bertz CT molecular complexity index is 618. The number of hydrogen-bond acceptors (Lipinski definition) is 2. The number of nitrogens with zero attached hydrogens (tertiary/aromatic N) is 1. The molecule has 0 bridgehead atoms. The number of unbranched alkanes of at least 4 members (excludes halogenated alkanes) is 1. The Labute approximate surface area is 145 Å². The molecule has 0 amide bonds. The number of rotatable bonds is 7. The minimum Gasteiger partial charge on any atom is -0.197 e. The maximum Gasteiger partial charge on any atom is 0.0918 e. The second-order valence-corrected chi connectivity index (χ2v) is 7.08. The summed E-state index contributed by atoms with van der Waals surface area (Å²) in [6.45, 7) is 2.16. The first-order valence-corrected chi connectivity index (χ1v) is 9.48. The molecule has 0 saturated heterocycles. The Hall–Kier alpha value is -1.24. The van der Waals surface area contributed by atoms with E-state index in [1.807, 2.05) is 18.2 Å². The molecular weight excluding hydrogens is 354 g/mol. The summed E-state index contributed by atoms with van der Waals surface area (Å²) in [7, 11) is 0. The van der Waals surface area contributed by atoms with Gasteiger partial charge in [-0.15, -0.1) is 0 Å². The monoisotopic (exact) mass is 373 g/mol. The molecule has 0 aliphatic heterocycles. The molecule has 0 saturated carbocycles. The molecule has 0 fully saturated rings. The van der Waals surface area contributed by atoms with Gasteiger partial charge in [0.05, 0.1) is 11.5 Å². The molecule has 114 valence electrons. The summed E-state index contributed by atoms with van der Waals surface area (Å²) in [6.07, 6.45) is 3.08. The standard InChI is InChI=1S/C19H20BrNS/c1-2-3-13-19(14-20,15-21)16-9-11-18(12-10-16)22-17-7-5-4-6-8-17/h4-12H,2-3,13-14H2,1H3. The van der Waals surface area contributed by atoms with Crippen molar-refractivity contribution in [2.45, 2.75) is 41.4 Å². The summed E-state index contributed by atoms with van der Waals surface area (Å²) < 4.78 is 0. The zero-order chi connectivity index (χ0) is 15.8. The molecule has 1 unspecified atom stereocenters. The summed E-state index contributed by atoms with van der Waals surface area (Å²) in [6, 6.07) is 21.3. The van der Waals surface area contributed by atoms with E-state index in [1.165, 1.54) is 9.79 Å². The molecule has 3 heteroatoms. The van der Waals surface area contributed by atoms with E-state index >= 15 is 0 Å². The lowest BCUT2D eigenvalue weighted by Gasteiger charge is -2.25. The molecule has 0 radical (unpaired) electrons. The van der Waals surface area contributed by atoms with Gasteiger partial charge in [0, 0.05) is 15.1 Å². The van der Waals surface area contributed by atoms with E-state index < -0.39 is 5.41 Å². The van der Waals surface area contributed by atoms with E-state index in [9.17, 15) is 5.26 Å². The van der Waals surface area contributed by atoms with Crippen molar-refractivity contribution >= 4 is 27.7 Å². The molecule has 2 rings (SSSR count). The molecule has 0 aliphatic carbocycles. The first-order chi connectivity index (χ1) is 10.7. The molecule has 2 aromatic rings. The highest BCUT2D eigenvalue weighted by atomic mass is 79.9. The second kappa shape index (κ2) is 8.41. The number of benzene rings is 2. The first-order valence-electron chi connectivity index (χ1n) is 7.55. The van der Waals surface area contributed by atoms with Crippen molar-refractivity contribution in [2.24, 2.45) is 0 Å². The molecule has 0 N–H and O–H groups in total. The van der Waals surface area contributed by atoms with Crippen molar-refractivity contribution in [2.75, 3.05) is 5.33 Å². The summed E-state index contributed by atoms with van der Waals surface area (Å²) in [5, 5.41) is 10.4. The Morgan fingerprint density at radius 3 is 2.23 bits per heavy atom. The summed E-state index contributed by atoms with van der Waals surface area (Å²) in [4.78, 5) is 2.43. The molecular formula is C19H20BrNS. The zero-order valence-corrected chi connectivity index (χ0v) is 15.2. The van der Waals surface area contributed by atoms with Crippen molar-refractivity contribution in [3.8, 4) is 6.07 Å². The van der Waals surface area contributed by atoms with E-state index in [2.05, 4.69) is 65.3 Å². The highest BCUT2D eigenvalue weighted by Crippen LogP contribution is 2.34. The third-order valence-electron chi connectivity index (χ3n) is 3.79. The lowest BCUT2D eigenvalue weighted by atomic mass is 9.79. The van der Waals surface area contributed by atoms with E-state index in [-0.39, 0.29) is 0 Å². The maximum atomic E-state index is 9.68. The minimum absolute atomic E-state index is 0.411. The molecule has 0 heterocycles. The number of alkyl halides is 1. The fraction of sp³-hybridized carbons (Fsp3) is 0.316. The molecule has 2 aromatic carbocycles. The fourth-order valence-corrected chi connectivity index (χ4v) is 3.95. The average Bonchev–Trinajstić information content (AvgIpc) is 2.58. The number of nitriles is 1. The van der Waals surface area contributed by atoms with Crippen LogP contribution < -0.4 is 0 Å². The lowest BCUT2D eigenvalue weighted by molar-refractivity contribution is 0.532. The van der Waals surface area contributed by atoms with Crippen molar-refractivity contribution < 1.29 is 0 Å². The Balaban J connectivity index is 2.18. The lowest BCUT2D eigenvalue weighted by Crippen LogP contribution is -2.26. The molecule has 0 aliphatic rings. The fourth-order valence-electron chi connectivity index (χ4n) is 2.38. The molecule has 1 atom stereocenters. The largest absolute Gasteiger partial charge is 0.197 e. The van der Waals surface area contributed by atoms with Crippen LogP contribution in [-0.2, 0) is 5.41 Å². The topological polar surface area (TPSA) is 23.8 Å². The van der Waals surface area contributed by atoms with Crippen LogP contribution >= 0.6 is 27.7 Å². The highest BCUT2D eigenvalue weighted by molar-refractivity contribution is 9.09. The summed E-state index contributed by atoms with van der Waals surface area (Å²) in [5.74, 6) is 0. The number of halogens is 1. The van der Waals surface area contributed by atoms with Crippen LogP contribution in [-0.4, -0.2) is 5.33 Å². The van der Waals surface area contributed by atoms with Gasteiger partial charge in [-0.25, -0.2) is 0 Å². The van der Waals surface area contributed by atoms with Crippen LogP contribution in [0.2, 0.25) is 0 Å². The molecule has 0 aromatic heterocycles. The average molecular weight is 374 g/mol. The summed E-state index contributed by atoms with van der Waals surface area (Å²) >= 11 is 5.29. The van der Waals surface area contributed by atoms with Crippen molar-refractivity contribution in [3.05, 3.63) is 60.2 Å². The first kappa shape index (κ1) is 17.1. The summed E-state index contributed by atoms with van der Waals surface area (Å²) in [5.41, 5.74) is 0.698. The van der Waals surface area contributed by atoms with Crippen LogP contribution in [0.1, 0.15) is 31.7 Å². The SMILES string of the molecule is CCCCC(C#N)(CBr)c1ccc(Sc2ccccc2)cc1. The van der Waals surface area contributed by atoms with E-state index in [0.29, 0.717) is 5.33 Å². The zero-order valence-electron chi connectivity index (χ0n) is 12.8. The van der Waals surface area contributed by atoms with E-state index in [4.69, 9.17) is 0 Å². The van der Waals surface area contributed by atoms with Gasteiger partial charge >= 0.3 is 0 Å². The van der Waals surface area contributed by atoms with Crippen molar-refractivity contribution in [1.29, 1.82) is 5.26 Å². The van der Waals surface area contributed by atoms with Crippen LogP contribution in [0.15, 0.2) is 64.4 Å². The quantitative estimate of drug-likeness (QED) is 0.540. The normalized spacial score (nSPS) is 13.3. The van der Waals surface area contributed by atoms with Crippen LogP contribution in [0.25, 0.3) is 0 Å². The van der Waals surface area contributed by atoms with Gasteiger partial charge in [0.25, 0.3) is 0 Å². The molecule has 0 spiro atoms. The smallest absolute Gasteiger partial charge is 0.0918 e. The van der Waals surface area contributed by atoms with E-state index in [0.717, 1.165) is 24.8 Å².